The Morgan fingerprint density at radius 1 is 1.60 bits per heavy atom. The zero-order chi connectivity index (χ0) is 7.56. The van der Waals surface area contributed by atoms with Gasteiger partial charge in [0, 0.05) is 6.61 Å². The van der Waals surface area contributed by atoms with Crippen LogP contribution < -0.4 is 0 Å². The highest BCUT2D eigenvalue weighted by atomic mass is 16.5. The molecule has 0 radical (unpaired) electrons. The van der Waals surface area contributed by atoms with Crippen molar-refractivity contribution in [1.82, 2.24) is 0 Å². The monoisotopic (exact) mass is 139 g/mol. The van der Waals surface area contributed by atoms with E-state index in [9.17, 15) is 0 Å². The molecule has 2 heteroatoms. The van der Waals surface area contributed by atoms with E-state index in [0.717, 1.165) is 13.0 Å². The van der Waals surface area contributed by atoms with Crippen molar-refractivity contribution < 1.29 is 4.74 Å². The molecule has 56 valence electrons. The van der Waals surface area contributed by atoms with Gasteiger partial charge in [-0.2, -0.15) is 5.26 Å². The Bertz CT molecular complexity index is 148. The van der Waals surface area contributed by atoms with E-state index in [4.69, 9.17) is 10.00 Å². The molecule has 1 fully saturated rings. The Kier molecular flexibility index (Phi) is 2.29. The van der Waals surface area contributed by atoms with Crippen molar-refractivity contribution in [2.45, 2.75) is 26.4 Å². The summed E-state index contributed by atoms with van der Waals surface area (Å²) in [6, 6.07) is 2.27. The van der Waals surface area contributed by atoms with Gasteiger partial charge in [-0.3, -0.25) is 0 Å². The Morgan fingerprint density at radius 2 is 2.30 bits per heavy atom. The van der Waals surface area contributed by atoms with Crippen molar-refractivity contribution in [1.29, 1.82) is 5.26 Å². The Hall–Kier alpha value is -0.550. The third kappa shape index (κ3) is 1.30. The van der Waals surface area contributed by atoms with E-state index in [1.54, 1.807) is 0 Å². The fourth-order valence-corrected chi connectivity index (χ4v) is 1.41. The van der Waals surface area contributed by atoms with E-state index in [1.165, 1.54) is 0 Å². The molecular weight excluding hydrogens is 126 g/mol. The molecule has 10 heavy (non-hydrogen) atoms. The van der Waals surface area contributed by atoms with Crippen LogP contribution >= 0.6 is 0 Å². The first-order chi connectivity index (χ1) is 4.75. The summed E-state index contributed by atoms with van der Waals surface area (Å²) in [6.07, 6.45) is 1.10. The van der Waals surface area contributed by atoms with Crippen molar-refractivity contribution in [3.8, 4) is 6.07 Å². The van der Waals surface area contributed by atoms with Crippen LogP contribution in [0.1, 0.15) is 20.3 Å². The molecule has 0 N–H and O–H groups in total. The van der Waals surface area contributed by atoms with Crippen LogP contribution in [0.4, 0.5) is 0 Å². The number of hydrogen-bond donors (Lipinski definition) is 0. The lowest BCUT2D eigenvalue weighted by atomic mass is 9.94. The maximum Gasteiger partial charge on any atom is 0.0756 e. The molecule has 0 aromatic rings. The van der Waals surface area contributed by atoms with Crippen LogP contribution in [0.25, 0.3) is 0 Å². The quantitative estimate of drug-likeness (QED) is 0.552. The molecule has 1 aliphatic heterocycles. The van der Waals surface area contributed by atoms with Gasteiger partial charge in [-0.05, 0) is 12.3 Å². The van der Waals surface area contributed by atoms with E-state index in [-0.39, 0.29) is 12.0 Å². The fraction of sp³-hybridized carbons (Fsp3) is 0.875. The molecule has 1 aliphatic rings. The second-order valence-electron chi connectivity index (χ2n) is 3.10. The van der Waals surface area contributed by atoms with Gasteiger partial charge in [0.15, 0.2) is 0 Å². The van der Waals surface area contributed by atoms with Crippen LogP contribution in [0.15, 0.2) is 0 Å². The van der Waals surface area contributed by atoms with Crippen LogP contribution in [0.2, 0.25) is 0 Å². The van der Waals surface area contributed by atoms with E-state index in [0.29, 0.717) is 5.92 Å². The first-order valence-corrected chi connectivity index (χ1v) is 3.77. The van der Waals surface area contributed by atoms with Gasteiger partial charge in [0.1, 0.15) is 0 Å². The molecule has 0 saturated carbocycles. The van der Waals surface area contributed by atoms with Gasteiger partial charge in [-0.25, -0.2) is 0 Å². The average molecular weight is 139 g/mol. The molecule has 2 atom stereocenters. The number of nitrogens with zero attached hydrogens (tertiary/aromatic N) is 1. The second kappa shape index (κ2) is 3.03. The van der Waals surface area contributed by atoms with Gasteiger partial charge in [-0.15, -0.1) is 0 Å². The summed E-state index contributed by atoms with van der Waals surface area (Å²) >= 11 is 0. The summed E-state index contributed by atoms with van der Waals surface area (Å²) < 4.78 is 5.40. The molecule has 0 aromatic heterocycles. The SMILES string of the molecule is CC(C)C1OCCC1C#N. The maximum atomic E-state index is 8.66. The zero-order valence-corrected chi connectivity index (χ0v) is 6.50. The van der Waals surface area contributed by atoms with Gasteiger partial charge < -0.3 is 4.74 Å². The molecule has 1 heterocycles. The Balaban J connectivity index is 2.52. The highest BCUT2D eigenvalue weighted by Crippen LogP contribution is 2.25. The number of ether oxygens (including phenoxy) is 1. The molecule has 2 nitrogen and oxygen atoms in total. The Labute approximate surface area is 61.8 Å². The van der Waals surface area contributed by atoms with Crippen molar-refractivity contribution in [3.05, 3.63) is 0 Å². The standard InChI is InChI=1S/C8H13NO/c1-6(2)8-7(5-9)3-4-10-8/h6-8H,3-4H2,1-2H3. The van der Waals surface area contributed by atoms with Crippen molar-refractivity contribution in [3.63, 3.8) is 0 Å². The highest BCUT2D eigenvalue weighted by Gasteiger charge is 2.30. The normalized spacial score (nSPS) is 32.6. The summed E-state index contributed by atoms with van der Waals surface area (Å²) in [5.74, 6) is 0.618. The molecular formula is C8H13NO. The highest BCUT2D eigenvalue weighted by molar-refractivity contribution is 4.93. The van der Waals surface area contributed by atoms with Gasteiger partial charge in [0.2, 0.25) is 0 Å². The summed E-state index contributed by atoms with van der Waals surface area (Å²) in [5.41, 5.74) is 0. The molecule has 0 amide bonds. The van der Waals surface area contributed by atoms with Crippen molar-refractivity contribution in [2.75, 3.05) is 6.61 Å². The molecule has 1 saturated heterocycles. The molecule has 2 unspecified atom stereocenters. The average Bonchev–Trinajstić information content (AvgIpc) is 2.33. The lowest BCUT2D eigenvalue weighted by molar-refractivity contribution is 0.0640. The first-order valence-electron chi connectivity index (χ1n) is 3.77. The second-order valence-corrected chi connectivity index (χ2v) is 3.10. The van der Waals surface area contributed by atoms with Crippen molar-refractivity contribution in [2.24, 2.45) is 11.8 Å². The number of hydrogen-bond acceptors (Lipinski definition) is 2. The predicted octanol–water partition coefficient (Wildman–Crippen LogP) is 1.57. The van der Waals surface area contributed by atoms with Crippen LogP contribution in [0.3, 0.4) is 0 Å². The molecule has 0 aliphatic carbocycles. The van der Waals surface area contributed by atoms with E-state index < -0.39 is 0 Å². The summed E-state index contributed by atoms with van der Waals surface area (Å²) in [5, 5.41) is 8.66. The largest absolute Gasteiger partial charge is 0.377 e. The van der Waals surface area contributed by atoms with E-state index >= 15 is 0 Å². The molecule has 0 bridgehead atoms. The summed E-state index contributed by atoms with van der Waals surface area (Å²) in [4.78, 5) is 0. The van der Waals surface area contributed by atoms with Crippen LogP contribution in [0, 0.1) is 23.2 Å². The number of rotatable bonds is 1. The summed E-state index contributed by atoms with van der Waals surface area (Å²) in [7, 11) is 0. The minimum Gasteiger partial charge on any atom is -0.377 e. The predicted molar refractivity (Wildman–Crippen MR) is 38.3 cm³/mol. The third-order valence-corrected chi connectivity index (χ3v) is 1.96. The van der Waals surface area contributed by atoms with E-state index in [1.807, 2.05) is 0 Å². The fourth-order valence-electron chi connectivity index (χ4n) is 1.41. The van der Waals surface area contributed by atoms with E-state index in [2.05, 4.69) is 19.9 Å². The van der Waals surface area contributed by atoms with Gasteiger partial charge >= 0.3 is 0 Å². The van der Waals surface area contributed by atoms with Crippen LogP contribution in [0.5, 0.6) is 0 Å². The maximum absolute atomic E-state index is 8.66. The van der Waals surface area contributed by atoms with Gasteiger partial charge in [0.25, 0.3) is 0 Å². The van der Waals surface area contributed by atoms with Crippen LogP contribution in [-0.4, -0.2) is 12.7 Å². The summed E-state index contributed by atoms with van der Waals surface area (Å²) in [6.45, 7) is 4.96. The lowest BCUT2D eigenvalue weighted by Gasteiger charge is -2.15. The number of nitriles is 1. The zero-order valence-electron chi connectivity index (χ0n) is 6.50. The minimum atomic E-state index is 0.139. The minimum absolute atomic E-state index is 0.139. The third-order valence-electron chi connectivity index (χ3n) is 1.96. The topological polar surface area (TPSA) is 33.0 Å². The molecule has 0 aromatic carbocycles. The molecule has 1 rings (SSSR count). The lowest BCUT2D eigenvalue weighted by Crippen LogP contribution is -2.20. The van der Waals surface area contributed by atoms with Gasteiger partial charge in [-0.1, -0.05) is 13.8 Å². The van der Waals surface area contributed by atoms with Crippen LogP contribution in [-0.2, 0) is 4.74 Å². The smallest absolute Gasteiger partial charge is 0.0756 e. The van der Waals surface area contributed by atoms with Gasteiger partial charge in [0.05, 0.1) is 18.1 Å². The van der Waals surface area contributed by atoms with Crippen molar-refractivity contribution >= 4 is 0 Å². The first kappa shape index (κ1) is 7.56. The molecule has 0 spiro atoms. The Morgan fingerprint density at radius 3 is 2.70 bits per heavy atom.